The van der Waals surface area contributed by atoms with Gasteiger partial charge in [0, 0.05) is 6.54 Å². The van der Waals surface area contributed by atoms with E-state index in [1.807, 2.05) is 6.92 Å². The van der Waals surface area contributed by atoms with E-state index in [-0.39, 0.29) is 11.1 Å². The Morgan fingerprint density at radius 3 is 2.41 bits per heavy atom. The molecule has 0 aliphatic heterocycles. The molecule has 0 aromatic heterocycles. The largest absolute Gasteiger partial charge is 0.453 e. The second-order valence-corrected chi connectivity index (χ2v) is 4.76. The molecule has 1 aromatic carbocycles. The van der Waals surface area contributed by atoms with Gasteiger partial charge in [-0.1, -0.05) is 25.5 Å². The van der Waals surface area contributed by atoms with Gasteiger partial charge >= 0.3 is 12.1 Å². The third-order valence-electron chi connectivity index (χ3n) is 2.64. The van der Waals surface area contributed by atoms with E-state index in [0.717, 1.165) is 12.8 Å². The van der Waals surface area contributed by atoms with Gasteiger partial charge in [-0.05, 0) is 30.8 Å². The highest BCUT2D eigenvalue weighted by molar-refractivity contribution is 7.80. The predicted octanol–water partition coefficient (Wildman–Crippen LogP) is 2.66. The number of thiocarbonyl (C=S) groups is 1. The van der Waals surface area contributed by atoms with E-state index >= 15 is 0 Å². The van der Waals surface area contributed by atoms with Crippen LogP contribution in [0.15, 0.2) is 24.3 Å². The molecular weight excluding hydrogens is 304 g/mol. The summed E-state index contributed by atoms with van der Waals surface area (Å²) in [4.78, 5) is 22.9. The standard InChI is InChI=1S/C14H20N4O3S/c1-3-4-9-15-12(19)16-10-7-5-6-8-11(10)17-13(22)18-14(20)21-2/h5-8H,3-4,9H2,1-2H3,(H2,15,16,19)(H2,17,18,20,22). The van der Waals surface area contributed by atoms with Crippen molar-refractivity contribution in [1.82, 2.24) is 10.6 Å². The molecular formula is C14H20N4O3S. The summed E-state index contributed by atoms with van der Waals surface area (Å²) in [5.41, 5.74) is 1.11. The van der Waals surface area contributed by atoms with Crippen molar-refractivity contribution in [2.75, 3.05) is 24.3 Å². The Bertz CT molecular complexity index is 537. The minimum absolute atomic E-state index is 0.0764. The normalized spacial score (nSPS) is 9.55. The number of para-hydroxylation sites is 2. The number of hydrogen-bond acceptors (Lipinski definition) is 4. The molecule has 0 bridgehead atoms. The Balaban J connectivity index is 2.63. The molecule has 0 saturated heterocycles. The van der Waals surface area contributed by atoms with Crippen molar-refractivity contribution >= 4 is 40.8 Å². The Morgan fingerprint density at radius 2 is 1.82 bits per heavy atom. The molecule has 0 spiro atoms. The summed E-state index contributed by atoms with van der Waals surface area (Å²) in [5.74, 6) is 0. The van der Waals surface area contributed by atoms with Crippen LogP contribution in [0.4, 0.5) is 21.0 Å². The zero-order chi connectivity index (χ0) is 16.4. The fourth-order valence-electron chi connectivity index (χ4n) is 1.54. The molecule has 1 rings (SSSR count). The molecule has 1 aromatic rings. The maximum atomic E-state index is 11.8. The molecule has 22 heavy (non-hydrogen) atoms. The monoisotopic (exact) mass is 324 g/mol. The number of rotatable bonds is 5. The lowest BCUT2D eigenvalue weighted by Crippen LogP contribution is -2.34. The molecule has 0 atom stereocenters. The van der Waals surface area contributed by atoms with Crippen LogP contribution in [0.3, 0.4) is 0 Å². The molecule has 0 fully saturated rings. The molecule has 3 amide bonds. The number of urea groups is 1. The predicted molar refractivity (Wildman–Crippen MR) is 90.1 cm³/mol. The van der Waals surface area contributed by atoms with Crippen molar-refractivity contribution in [3.05, 3.63) is 24.3 Å². The van der Waals surface area contributed by atoms with Crippen LogP contribution < -0.4 is 21.3 Å². The van der Waals surface area contributed by atoms with E-state index < -0.39 is 6.09 Å². The number of benzene rings is 1. The van der Waals surface area contributed by atoms with Crippen LogP contribution in [0, 0.1) is 0 Å². The third kappa shape index (κ3) is 6.40. The number of hydrogen-bond donors (Lipinski definition) is 4. The van der Waals surface area contributed by atoms with Gasteiger partial charge in [0.2, 0.25) is 0 Å². The van der Waals surface area contributed by atoms with Crippen LogP contribution in [0.5, 0.6) is 0 Å². The number of carbonyl (C=O) groups excluding carboxylic acids is 2. The van der Waals surface area contributed by atoms with Crippen molar-refractivity contribution in [2.24, 2.45) is 0 Å². The number of alkyl carbamates (subject to hydrolysis) is 1. The lowest BCUT2D eigenvalue weighted by Gasteiger charge is -2.14. The molecule has 4 N–H and O–H groups in total. The number of anilines is 2. The number of carbonyl (C=O) groups is 2. The van der Waals surface area contributed by atoms with Crippen LogP contribution in [-0.4, -0.2) is 30.9 Å². The zero-order valence-electron chi connectivity index (χ0n) is 12.6. The minimum atomic E-state index is -0.666. The zero-order valence-corrected chi connectivity index (χ0v) is 13.4. The van der Waals surface area contributed by atoms with Crippen LogP contribution in [-0.2, 0) is 4.74 Å². The second-order valence-electron chi connectivity index (χ2n) is 4.35. The molecule has 0 saturated carbocycles. The van der Waals surface area contributed by atoms with Crippen LogP contribution in [0.2, 0.25) is 0 Å². The summed E-state index contributed by atoms with van der Waals surface area (Å²) in [6, 6.07) is 6.72. The van der Waals surface area contributed by atoms with E-state index in [0.29, 0.717) is 17.9 Å². The van der Waals surface area contributed by atoms with Gasteiger partial charge in [0.1, 0.15) is 0 Å². The van der Waals surface area contributed by atoms with Crippen LogP contribution >= 0.6 is 12.2 Å². The van der Waals surface area contributed by atoms with Gasteiger partial charge < -0.3 is 20.7 Å². The van der Waals surface area contributed by atoms with Gasteiger partial charge in [0.05, 0.1) is 18.5 Å². The quantitative estimate of drug-likeness (QED) is 0.494. The summed E-state index contributed by atoms with van der Waals surface area (Å²) >= 11 is 4.99. The average Bonchev–Trinajstić information content (AvgIpc) is 2.49. The summed E-state index contributed by atoms with van der Waals surface area (Å²) < 4.78 is 4.45. The SMILES string of the molecule is CCCCNC(=O)Nc1ccccc1NC(=S)NC(=O)OC. The fourth-order valence-corrected chi connectivity index (χ4v) is 1.74. The van der Waals surface area contributed by atoms with Crippen molar-refractivity contribution in [3.8, 4) is 0 Å². The Kier molecular flexibility index (Phi) is 7.69. The molecule has 120 valence electrons. The van der Waals surface area contributed by atoms with E-state index in [9.17, 15) is 9.59 Å². The van der Waals surface area contributed by atoms with Crippen molar-refractivity contribution in [3.63, 3.8) is 0 Å². The molecule has 0 unspecified atom stereocenters. The third-order valence-corrected chi connectivity index (χ3v) is 2.84. The first-order valence-electron chi connectivity index (χ1n) is 6.86. The summed E-state index contributed by atoms with van der Waals surface area (Å²) in [6.45, 7) is 2.66. The molecule has 0 heterocycles. The molecule has 0 radical (unpaired) electrons. The fraction of sp³-hybridized carbons (Fsp3) is 0.357. The molecule has 7 nitrogen and oxygen atoms in total. The van der Waals surface area contributed by atoms with Gasteiger partial charge in [0.15, 0.2) is 5.11 Å². The minimum Gasteiger partial charge on any atom is -0.453 e. The number of ether oxygens (including phenoxy) is 1. The van der Waals surface area contributed by atoms with Crippen LogP contribution in [0.1, 0.15) is 19.8 Å². The van der Waals surface area contributed by atoms with Crippen LogP contribution in [0.25, 0.3) is 0 Å². The number of amides is 3. The van der Waals surface area contributed by atoms with E-state index in [4.69, 9.17) is 12.2 Å². The number of nitrogens with one attached hydrogen (secondary N) is 4. The smallest absolute Gasteiger partial charge is 0.413 e. The first-order valence-corrected chi connectivity index (χ1v) is 7.27. The van der Waals surface area contributed by atoms with Crippen molar-refractivity contribution < 1.29 is 14.3 Å². The number of methoxy groups -OCH3 is 1. The summed E-state index contributed by atoms with van der Waals surface area (Å²) in [6.07, 6.45) is 1.26. The molecule has 0 aliphatic carbocycles. The highest BCUT2D eigenvalue weighted by Crippen LogP contribution is 2.20. The lowest BCUT2D eigenvalue weighted by atomic mass is 10.2. The Labute approximate surface area is 134 Å². The van der Waals surface area contributed by atoms with Gasteiger partial charge in [-0.15, -0.1) is 0 Å². The first-order chi connectivity index (χ1) is 10.6. The van der Waals surface area contributed by atoms with Crippen molar-refractivity contribution in [1.29, 1.82) is 0 Å². The van der Waals surface area contributed by atoms with Gasteiger partial charge in [0.25, 0.3) is 0 Å². The summed E-state index contributed by atoms with van der Waals surface area (Å²) in [5, 5.41) is 10.7. The number of unbranched alkanes of at least 4 members (excludes halogenated alkanes) is 1. The topological polar surface area (TPSA) is 91.5 Å². The van der Waals surface area contributed by atoms with E-state index in [1.165, 1.54) is 7.11 Å². The molecule has 0 aliphatic rings. The Hall–Kier alpha value is -2.35. The summed E-state index contributed by atoms with van der Waals surface area (Å²) in [7, 11) is 1.24. The second kappa shape index (κ2) is 9.56. The molecule has 8 heteroatoms. The highest BCUT2D eigenvalue weighted by atomic mass is 32.1. The van der Waals surface area contributed by atoms with Gasteiger partial charge in [-0.2, -0.15) is 0 Å². The van der Waals surface area contributed by atoms with Gasteiger partial charge in [-0.3, -0.25) is 5.32 Å². The van der Waals surface area contributed by atoms with Gasteiger partial charge in [-0.25, -0.2) is 9.59 Å². The maximum Gasteiger partial charge on any atom is 0.413 e. The van der Waals surface area contributed by atoms with Crippen molar-refractivity contribution in [2.45, 2.75) is 19.8 Å². The van der Waals surface area contributed by atoms with E-state index in [2.05, 4.69) is 26.0 Å². The highest BCUT2D eigenvalue weighted by Gasteiger charge is 2.09. The Morgan fingerprint density at radius 1 is 1.18 bits per heavy atom. The average molecular weight is 324 g/mol. The first kappa shape index (κ1) is 17.7. The maximum absolute atomic E-state index is 11.8. The van der Waals surface area contributed by atoms with E-state index in [1.54, 1.807) is 24.3 Å². The lowest BCUT2D eigenvalue weighted by molar-refractivity contribution is 0.177.